The smallest absolute Gasteiger partial charge is 0.224 e. The Kier molecular flexibility index (Phi) is 4.06. The van der Waals surface area contributed by atoms with Gasteiger partial charge < -0.3 is 9.47 Å². The Labute approximate surface area is 141 Å². The van der Waals surface area contributed by atoms with Crippen molar-refractivity contribution in [1.82, 2.24) is 9.55 Å². The van der Waals surface area contributed by atoms with Gasteiger partial charge in [-0.3, -0.25) is 4.79 Å². The van der Waals surface area contributed by atoms with Gasteiger partial charge in [0.25, 0.3) is 0 Å². The maximum Gasteiger partial charge on any atom is 0.224 e. The van der Waals surface area contributed by atoms with Crippen LogP contribution >= 0.6 is 11.8 Å². The number of rotatable bonds is 3. The highest BCUT2D eigenvalue weighted by atomic mass is 32.2. The van der Waals surface area contributed by atoms with E-state index in [1.54, 1.807) is 18.7 Å². The molecule has 1 aliphatic rings. The Morgan fingerprint density at radius 1 is 1.30 bits per heavy atom. The third kappa shape index (κ3) is 2.93. The highest BCUT2D eigenvalue weighted by Crippen LogP contribution is 2.40. The van der Waals surface area contributed by atoms with Gasteiger partial charge in [-0.1, -0.05) is 36.0 Å². The molecule has 4 nitrogen and oxygen atoms in total. The molecule has 0 fully saturated rings. The third-order valence-electron chi connectivity index (χ3n) is 4.04. The molecule has 0 radical (unpaired) electrons. The van der Waals surface area contributed by atoms with Crippen molar-refractivity contribution in [3.05, 3.63) is 48.3 Å². The minimum Gasteiger partial charge on any atom is -0.329 e. The van der Waals surface area contributed by atoms with Crippen molar-refractivity contribution in [3.63, 3.8) is 0 Å². The van der Waals surface area contributed by atoms with Crippen LogP contribution in [0.2, 0.25) is 0 Å². The van der Waals surface area contributed by atoms with E-state index in [0.717, 1.165) is 22.2 Å². The van der Waals surface area contributed by atoms with Crippen LogP contribution in [0.5, 0.6) is 0 Å². The van der Waals surface area contributed by atoms with E-state index in [0.29, 0.717) is 0 Å². The molecule has 0 saturated carbocycles. The molecular weight excluding hydrogens is 306 g/mol. The van der Waals surface area contributed by atoms with Crippen molar-refractivity contribution < 1.29 is 4.79 Å². The average Bonchev–Trinajstić information content (AvgIpc) is 2.88. The minimum absolute atomic E-state index is 0.0644. The Morgan fingerprint density at radius 2 is 2.04 bits per heavy atom. The van der Waals surface area contributed by atoms with Crippen LogP contribution in [0.25, 0.3) is 5.57 Å². The summed E-state index contributed by atoms with van der Waals surface area (Å²) in [5, 5.41) is 0.996. The van der Waals surface area contributed by atoms with E-state index in [1.165, 1.54) is 5.57 Å². The fourth-order valence-corrected chi connectivity index (χ4v) is 4.07. The summed E-state index contributed by atoms with van der Waals surface area (Å²) in [6.45, 7) is 5.78. The van der Waals surface area contributed by atoms with E-state index < -0.39 is 0 Å². The SMILES string of the molecule is CC(=O)N1c2ccccc2C(CSc2nccn2C)=CC1(C)C. The Bertz CT molecular complexity index is 776. The zero-order chi connectivity index (χ0) is 16.6. The number of para-hydroxylation sites is 1. The number of aromatic nitrogens is 2. The van der Waals surface area contributed by atoms with Crippen molar-refractivity contribution in [2.45, 2.75) is 31.5 Å². The largest absolute Gasteiger partial charge is 0.329 e. The molecule has 120 valence electrons. The fourth-order valence-electron chi connectivity index (χ4n) is 3.15. The number of imidazole rings is 1. The molecule has 23 heavy (non-hydrogen) atoms. The van der Waals surface area contributed by atoms with Gasteiger partial charge in [-0.05, 0) is 25.5 Å². The number of thioether (sulfide) groups is 1. The topological polar surface area (TPSA) is 38.1 Å². The van der Waals surface area contributed by atoms with Gasteiger partial charge in [0.15, 0.2) is 5.16 Å². The summed E-state index contributed by atoms with van der Waals surface area (Å²) in [4.78, 5) is 18.4. The number of carbonyl (C=O) groups excluding carboxylic acids is 1. The number of hydrogen-bond donors (Lipinski definition) is 0. The molecule has 0 saturated heterocycles. The summed E-state index contributed by atoms with van der Waals surface area (Å²) in [6, 6.07) is 8.12. The summed E-state index contributed by atoms with van der Waals surface area (Å²) in [6.07, 6.45) is 5.96. The number of fused-ring (bicyclic) bond motifs is 1. The number of anilines is 1. The van der Waals surface area contributed by atoms with Crippen LogP contribution in [0.1, 0.15) is 26.3 Å². The van der Waals surface area contributed by atoms with Crippen LogP contribution in [0.3, 0.4) is 0 Å². The second-order valence-corrected chi connectivity index (χ2v) is 7.25. The van der Waals surface area contributed by atoms with E-state index in [9.17, 15) is 4.79 Å². The van der Waals surface area contributed by atoms with Crippen molar-refractivity contribution in [2.24, 2.45) is 7.05 Å². The molecule has 1 amide bonds. The minimum atomic E-state index is -0.336. The van der Waals surface area contributed by atoms with Crippen molar-refractivity contribution in [1.29, 1.82) is 0 Å². The lowest BCUT2D eigenvalue weighted by Crippen LogP contribution is -2.48. The van der Waals surface area contributed by atoms with Gasteiger partial charge in [-0.25, -0.2) is 4.98 Å². The molecule has 2 aromatic rings. The standard InChI is InChI=1S/C18H21N3OS/c1-13(22)21-16-8-6-5-7-15(16)14(11-18(21,2)3)12-23-17-19-9-10-20(17)4/h5-11H,12H2,1-4H3. The molecular formula is C18H21N3OS. The van der Waals surface area contributed by atoms with Crippen LogP contribution in [-0.2, 0) is 11.8 Å². The van der Waals surface area contributed by atoms with Gasteiger partial charge in [0, 0.05) is 37.7 Å². The van der Waals surface area contributed by atoms with E-state index in [4.69, 9.17) is 0 Å². The average molecular weight is 327 g/mol. The predicted molar refractivity (Wildman–Crippen MR) is 95.6 cm³/mol. The van der Waals surface area contributed by atoms with Gasteiger partial charge >= 0.3 is 0 Å². The molecule has 1 aromatic carbocycles. The number of amides is 1. The first kappa shape index (κ1) is 15.9. The number of nitrogens with zero attached hydrogens (tertiary/aromatic N) is 3. The Balaban J connectivity index is 1.97. The quantitative estimate of drug-likeness (QED) is 0.806. The molecule has 5 heteroatoms. The van der Waals surface area contributed by atoms with Crippen molar-refractivity contribution in [2.75, 3.05) is 10.7 Å². The number of aryl methyl sites for hydroxylation is 1. The van der Waals surface area contributed by atoms with Crippen LogP contribution in [0, 0.1) is 0 Å². The van der Waals surface area contributed by atoms with Crippen LogP contribution in [-0.4, -0.2) is 26.8 Å². The first-order valence-electron chi connectivity index (χ1n) is 7.62. The highest BCUT2D eigenvalue weighted by Gasteiger charge is 2.34. The second-order valence-electron chi connectivity index (χ2n) is 6.30. The lowest BCUT2D eigenvalue weighted by Gasteiger charge is -2.41. The summed E-state index contributed by atoms with van der Waals surface area (Å²) >= 11 is 1.71. The normalized spacial score (nSPS) is 16.0. The van der Waals surface area contributed by atoms with Gasteiger partial charge in [-0.2, -0.15) is 0 Å². The van der Waals surface area contributed by atoms with E-state index in [2.05, 4.69) is 31.0 Å². The summed E-state index contributed by atoms with van der Waals surface area (Å²) in [5.41, 5.74) is 3.03. The van der Waals surface area contributed by atoms with Crippen LogP contribution in [0.15, 0.2) is 47.9 Å². The van der Waals surface area contributed by atoms with Crippen LogP contribution in [0.4, 0.5) is 5.69 Å². The summed E-state index contributed by atoms with van der Waals surface area (Å²) in [7, 11) is 2.00. The van der Waals surface area contributed by atoms with Crippen molar-refractivity contribution in [3.8, 4) is 0 Å². The lowest BCUT2D eigenvalue weighted by atomic mass is 9.89. The monoisotopic (exact) mass is 327 g/mol. The van der Waals surface area contributed by atoms with Gasteiger partial charge in [0.05, 0.1) is 11.2 Å². The van der Waals surface area contributed by atoms with Gasteiger partial charge in [-0.15, -0.1) is 0 Å². The van der Waals surface area contributed by atoms with E-state index in [-0.39, 0.29) is 11.4 Å². The number of benzene rings is 1. The molecule has 0 spiro atoms. The molecule has 0 unspecified atom stereocenters. The second kappa shape index (κ2) is 5.89. The van der Waals surface area contributed by atoms with Gasteiger partial charge in [0.2, 0.25) is 5.91 Å². The number of carbonyl (C=O) groups is 1. The maximum absolute atomic E-state index is 12.2. The van der Waals surface area contributed by atoms with E-state index >= 15 is 0 Å². The lowest BCUT2D eigenvalue weighted by molar-refractivity contribution is -0.117. The molecule has 1 aromatic heterocycles. The molecule has 0 aliphatic carbocycles. The van der Waals surface area contributed by atoms with Crippen LogP contribution < -0.4 is 4.90 Å². The Morgan fingerprint density at radius 3 is 2.70 bits per heavy atom. The highest BCUT2D eigenvalue weighted by molar-refractivity contribution is 7.99. The molecule has 1 aliphatic heterocycles. The van der Waals surface area contributed by atoms with E-state index in [1.807, 2.05) is 47.1 Å². The zero-order valence-corrected chi connectivity index (χ0v) is 14.7. The zero-order valence-electron chi connectivity index (χ0n) is 13.9. The molecule has 0 atom stereocenters. The van der Waals surface area contributed by atoms with Gasteiger partial charge in [0.1, 0.15) is 0 Å². The first-order chi connectivity index (χ1) is 10.9. The summed E-state index contributed by atoms with van der Waals surface area (Å²) < 4.78 is 2.02. The summed E-state index contributed by atoms with van der Waals surface area (Å²) in [5.74, 6) is 0.895. The fraction of sp³-hybridized carbons (Fsp3) is 0.333. The Hall–Kier alpha value is -2.01. The predicted octanol–water partition coefficient (Wildman–Crippen LogP) is 3.74. The molecule has 3 rings (SSSR count). The van der Waals surface area contributed by atoms with Crippen molar-refractivity contribution >= 4 is 28.9 Å². The molecule has 2 heterocycles. The number of hydrogen-bond acceptors (Lipinski definition) is 3. The maximum atomic E-state index is 12.2. The molecule has 0 bridgehead atoms. The molecule has 0 N–H and O–H groups in total. The third-order valence-corrected chi connectivity index (χ3v) is 5.15. The first-order valence-corrected chi connectivity index (χ1v) is 8.61.